The molecule has 0 saturated heterocycles. The number of nitrogens with one attached hydrogen (secondary N) is 1. The maximum absolute atomic E-state index is 12.3. The molecule has 5 nitrogen and oxygen atoms in total. The Bertz CT molecular complexity index is 711. The number of thiophene rings is 1. The van der Waals surface area contributed by atoms with Gasteiger partial charge in [-0.2, -0.15) is 0 Å². The highest BCUT2D eigenvalue weighted by Crippen LogP contribution is 2.29. The molecule has 2 aromatic heterocycles. The van der Waals surface area contributed by atoms with Crippen LogP contribution in [0.3, 0.4) is 0 Å². The summed E-state index contributed by atoms with van der Waals surface area (Å²) in [6.07, 6.45) is 0.464. The van der Waals surface area contributed by atoms with E-state index in [4.69, 9.17) is 5.11 Å². The summed E-state index contributed by atoms with van der Waals surface area (Å²) >= 11 is 2.44. The van der Waals surface area contributed by atoms with Gasteiger partial charge in [-0.1, -0.05) is 20.8 Å². The van der Waals surface area contributed by atoms with Crippen molar-refractivity contribution in [1.29, 1.82) is 0 Å². The van der Waals surface area contributed by atoms with E-state index in [0.29, 0.717) is 11.6 Å². The van der Waals surface area contributed by atoms with Crippen LogP contribution in [-0.4, -0.2) is 25.1 Å². The van der Waals surface area contributed by atoms with Gasteiger partial charge in [0.15, 0.2) is 5.13 Å². The van der Waals surface area contributed by atoms with E-state index in [0.717, 1.165) is 21.9 Å². The van der Waals surface area contributed by atoms with Crippen LogP contribution in [0.2, 0.25) is 0 Å². The minimum Gasteiger partial charge on any atom is -0.396 e. The summed E-state index contributed by atoms with van der Waals surface area (Å²) in [4.78, 5) is 5.17. The molecule has 0 unspecified atom stereocenters. The van der Waals surface area contributed by atoms with Gasteiger partial charge >= 0.3 is 0 Å². The lowest BCUT2D eigenvalue weighted by Gasteiger charge is -2.14. The van der Waals surface area contributed by atoms with Crippen LogP contribution >= 0.6 is 22.7 Å². The van der Waals surface area contributed by atoms with Crippen molar-refractivity contribution in [2.45, 2.75) is 36.8 Å². The second-order valence-electron chi connectivity index (χ2n) is 5.59. The molecular formula is C13H18N2O3S3. The van der Waals surface area contributed by atoms with E-state index >= 15 is 0 Å². The second-order valence-corrected chi connectivity index (χ2v) is 9.52. The Morgan fingerprint density at radius 1 is 1.33 bits per heavy atom. The lowest BCUT2D eigenvalue weighted by Crippen LogP contribution is -2.14. The monoisotopic (exact) mass is 346 g/mol. The molecule has 2 heterocycles. The van der Waals surface area contributed by atoms with E-state index in [1.807, 2.05) is 26.2 Å². The van der Waals surface area contributed by atoms with E-state index in [1.165, 1.54) is 11.3 Å². The molecule has 0 aliphatic heterocycles. The van der Waals surface area contributed by atoms with Crippen LogP contribution in [0.15, 0.2) is 21.7 Å². The summed E-state index contributed by atoms with van der Waals surface area (Å²) in [7, 11) is -3.61. The van der Waals surface area contributed by atoms with Crippen LogP contribution < -0.4 is 4.72 Å². The van der Waals surface area contributed by atoms with Crippen LogP contribution in [0.4, 0.5) is 5.13 Å². The molecule has 0 radical (unpaired) electrons. The predicted molar refractivity (Wildman–Crippen MR) is 86.7 cm³/mol. The molecule has 21 heavy (non-hydrogen) atoms. The van der Waals surface area contributed by atoms with Crippen molar-refractivity contribution in [3.8, 4) is 0 Å². The Hall–Kier alpha value is -0.960. The normalized spacial score (nSPS) is 12.6. The summed E-state index contributed by atoms with van der Waals surface area (Å²) in [5, 5.41) is 11.1. The van der Waals surface area contributed by atoms with E-state index in [1.54, 1.807) is 12.1 Å². The minimum atomic E-state index is -3.61. The number of thiazole rings is 1. The number of sulfonamides is 1. The summed E-state index contributed by atoms with van der Waals surface area (Å²) < 4.78 is 27.3. The van der Waals surface area contributed by atoms with Crippen LogP contribution in [0.1, 0.15) is 31.3 Å². The fourth-order valence-corrected chi connectivity index (χ4v) is 5.11. The average molecular weight is 346 g/mol. The van der Waals surface area contributed by atoms with Crippen LogP contribution in [0.5, 0.6) is 0 Å². The highest BCUT2D eigenvalue weighted by Gasteiger charge is 2.21. The molecule has 2 N–H and O–H groups in total. The molecule has 0 saturated carbocycles. The number of aromatic nitrogens is 1. The fourth-order valence-electron chi connectivity index (χ4n) is 1.58. The smallest absolute Gasteiger partial charge is 0.273 e. The molecule has 0 spiro atoms. The zero-order chi connectivity index (χ0) is 15.7. The largest absolute Gasteiger partial charge is 0.396 e. The molecule has 2 rings (SSSR count). The zero-order valence-corrected chi connectivity index (χ0v) is 14.5. The van der Waals surface area contributed by atoms with Gasteiger partial charge in [0.1, 0.15) is 4.21 Å². The minimum absolute atomic E-state index is 0.00878. The molecular weight excluding hydrogens is 328 g/mol. The van der Waals surface area contributed by atoms with E-state index < -0.39 is 10.0 Å². The molecule has 0 bridgehead atoms. The average Bonchev–Trinajstić information content (AvgIpc) is 2.97. The molecule has 0 amide bonds. The maximum atomic E-state index is 12.3. The van der Waals surface area contributed by atoms with Gasteiger partial charge in [-0.25, -0.2) is 13.4 Å². The molecule has 2 aromatic rings. The fraction of sp³-hybridized carbons (Fsp3) is 0.462. The molecule has 0 aliphatic rings. The highest BCUT2D eigenvalue weighted by atomic mass is 32.2. The number of aliphatic hydroxyl groups is 1. The molecule has 0 atom stereocenters. The summed E-state index contributed by atoms with van der Waals surface area (Å²) in [6, 6.07) is 3.27. The third kappa shape index (κ3) is 4.03. The zero-order valence-electron chi connectivity index (χ0n) is 12.1. The van der Waals surface area contributed by atoms with Crippen molar-refractivity contribution < 1.29 is 13.5 Å². The van der Waals surface area contributed by atoms with Gasteiger partial charge in [-0.3, -0.25) is 4.72 Å². The Labute approximate surface area is 132 Å². The van der Waals surface area contributed by atoms with E-state index in [-0.39, 0.29) is 16.2 Å². The number of anilines is 1. The number of hydrogen-bond acceptors (Lipinski definition) is 6. The maximum Gasteiger partial charge on any atom is 0.273 e. The van der Waals surface area contributed by atoms with Gasteiger partial charge in [0.2, 0.25) is 0 Å². The number of aliphatic hydroxyl groups excluding tert-OH is 1. The third-order valence-electron chi connectivity index (χ3n) is 2.75. The first-order chi connectivity index (χ1) is 9.72. The molecule has 0 fully saturated rings. The molecule has 8 heteroatoms. The van der Waals surface area contributed by atoms with Gasteiger partial charge in [0.05, 0.1) is 5.69 Å². The van der Waals surface area contributed by atoms with E-state index in [9.17, 15) is 8.42 Å². The second kappa shape index (κ2) is 6.04. The Kier molecular flexibility index (Phi) is 4.72. The Morgan fingerprint density at radius 3 is 2.62 bits per heavy atom. The number of nitrogens with zero attached hydrogens (tertiary/aromatic N) is 1. The summed E-state index contributed by atoms with van der Waals surface area (Å²) in [5.41, 5.74) is 0.745. The van der Waals surface area contributed by atoms with Crippen LogP contribution in [-0.2, 0) is 21.9 Å². The SMILES string of the molecule is CC(C)(C)c1csc(NS(=O)(=O)c2ccc(CCO)s2)n1. The summed E-state index contributed by atoms with van der Waals surface area (Å²) in [5.74, 6) is 0. The first-order valence-electron chi connectivity index (χ1n) is 6.41. The van der Waals surface area contributed by atoms with Gasteiger partial charge in [0, 0.05) is 28.7 Å². The predicted octanol–water partition coefficient (Wildman–Crippen LogP) is 2.84. The Balaban J connectivity index is 2.18. The van der Waals surface area contributed by atoms with Crippen LogP contribution in [0.25, 0.3) is 0 Å². The molecule has 116 valence electrons. The first kappa shape index (κ1) is 16.4. The van der Waals surface area contributed by atoms with Crippen molar-refractivity contribution in [3.63, 3.8) is 0 Å². The molecule has 0 aliphatic carbocycles. The standard InChI is InChI=1S/C13H18N2O3S3/c1-13(2,3)10-8-19-12(14-10)15-21(17,18)11-5-4-9(20-11)6-7-16/h4-5,8,16H,6-7H2,1-3H3,(H,14,15). The third-order valence-corrected chi connectivity index (χ3v) is 6.62. The lowest BCUT2D eigenvalue weighted by atomic mass is 9.93. The van der Waals surface area contributed by atoms with Crippen molar-refractivity contribution in [1.82, 2.24) is 4.98 Å². The lowest BCUT2D eigenvalue weighted by molar-refractivity contribution is 0.300. The topological polar surface area (TPSA) is 79.3 Å². The van der Waals surface area contributed by atoms with E-state index in [2.05, 4.69) is 9.71 Å². The van der Waals surface area contributed by atoms with Crippen LogP contribution in [0, 0.1) is 0 Å². The number of hydrogen-bond donors (Lipinski definition) is 2. The van der Waals surface area contributed by atoms with Crippen molar-refractivity contribution in [3.05, 3.63) is 28.1 Å². The Morgan fingerprint density at radius 2 is 2.05 bits per heavy atom. The van der Waals surface area contributed by atoms with Gasteiger partial charge in [0.25, 0.3) is 10.0 Å². The quantitative estimate of drug-likeness (QED) is 0.872. The van der Waals surface area contributed by atoms with Gasteiger partial charge < -0.3 is 5.11 Å². The van der Waals surface area contributed by atoms with Crippen molar-refractivity contribution in [2.75, 3.05) is 11.3 Å². The van der Waals surface area contributed by atoms with Gasteiger partial charge in [-0.15, -0.1) is 22.7 Å². The summed E-state index contributed by atoms with van der Waals surface area (Å²) in [6.45, 7) is 6.09. The van der Waals surface area contributed by atoms with Gasteiger partial charge in [-0.05, 0) is 12.1 Å². The van der Waals surface area contributed by atoms with Crippen molar-refractivity contribution >= 4 is 37.8 Å². The first-order valence-corrected chi connectivity index (χ1v) is 9.59. The molecule has 0 aromatic carbocycles. The highest BCUT2D eigenvalue weighted by molar-refractivity contribution is 7.94. The van der Waals surface area contributed by atoms with Crippen molar-refractivity contribution in [2.24, 2.45) is 0 Å². The number of rotatable bonds is 5.